The van der Waals surface area contributed by atoms with Crippen molar-refractivity contribution in [3.05, 3.63) is 24.3 Å². The first-order chi connectivity index (χ1) is 9.60. The SMILES string of the molecule is C[C@H]1CCN(c2ccc(NC(=O)N(C)CCO)cc2)C1. The van der Waals surface area contributed by atoms with Crippen LogP contribution in [0.2, 0.25) is 0 Å². The van der Waals surface area contributed by atoms with Crippen molar-refractivity contribution in [2.45, 2.75) is 13.3 Å². The number of carbonyl (C=O) groups excluding carboxylic acids is 1. The lowest BCUT2D eigenvalue weighted by atomic mass is 10.2. The van der Waals surface area contributed by atoms with Crippen LogP contribution in [0.1, 0.15) is 13.3 Å². The number of aliphatic hydroxyl groups is 1. The van der Waals surface area contributed by atoms with Crippen molar-refractivity contribution < 1.29 is 9.90 Å². The molecule has 0 aliphatic carbocycles. The molecule has 5 nitrogen and oxygen atoms in total. The lowest BCUT2D eigenvalue weighted by Crippen LogP contribution is -2.33. The van der Waals surface area contributed by atoms with E-state index in [-0.39, 0.29) is 12.6 Å². The van der Waals surface area contributed by atoms with Crippen molar-refractivity contribution in [1.82, 2.24) is 4.90 Å². The zero-order chi connectivity index (χ0) is 14.5. The zero-order valence-electron chi connectivity index (χ0n) is 12.2. The van der Waals surface area contributed by atoms with Gasteiger partial charge >= 0.3 is 6.03 Å². The summed E-state index contributed by atoms with van der Waals surface area (Å²) in [7, 11) is 1.66. The molecule has 110 valence electrons. The van der Waals surface area contributed by atoms with E-state index >= 15 is 0 Å². The van der Waals surface area contributed by atoms with Gasteiger partial charge in [0.25, 0.3) is 0 Å². The molecule has 1 heterocycles. The first-order valence-electron chi connectivity index (χ1n) is 7.08. The molecule has 1 aromatic carbocycles. The van der Waals surface area contributed by atoms with Gasteiger partial charge in [0.2, 0.25) is 0 Å². The van der Waals surface area contributed by atoms with Crippen molar-refractivity contribution >= 4 is 17.4 Å². The molecule has 2 rings (SSSR count). The molecule has 0 saturated carbocycles. The highest BCUT2D eigenvalue weighted by atomic mass is 16.3. The summed E-state index contributed by atoms with van der Waals surface area (Å²) in [5, 5.41) is 11.6. The Morgan fingerprint density at radius 1 is 1.45 bits per heavy atom. The number of hydrogen-bond donors (Lipinski definition) is 2. The molecule has 2 amide bonds. The third-order valence-electron chi connectivity index (χ3n) is 3.69. The zero-order valence-corrected chi connectivity index (χ0v) is 12.2. The van der Waals surface area contributed by atoms with E-state index in [9.17, 15) is 4.79 Å². The third kappa shape index (κ3) is 3.63. The lowest BCUT2D eigenvalue weighted by Gasteiger charge is -2.19. The molecule has 0 spiro atoms. The molecule has 5 heteroatoms. The van der Waals surface area contributed by atoms with E-state index in [2.05, 4.69) is 17.1 Å². The van der Waals surface area contributed by atoms with Crippen LogP contribution in [-0.2, 0) is 0 Å². The topological polar surface area (TPSA) is 55.8 Å². The van der Waals surface area contributed by atoms with Gasteiger partial charge in [-0.25, -0.2) is 4.79 Å². The van der Waals surface area contributed by atoms with Crippen LogP contribution < -0.4 is 10.2 Å². The first kappa shape index (κ1) is 14.7. The lowest BCUT2D eigenvalue weighted by molar-refractivity contribution is 0.202. The minimum atomic E-state index is -0.207. The number of carbonyl (C=O) groups is 1. The second-order valence-corrected chi connectivity index (χ2v) is 5.46. The molecule has 1 aromatic rings. The summed E-state index contributed by atoms with van der Waals surface area (Å²) in [4.78, 5) is 15.6. The van der Waals surface area contributed by atoms with Gasteiger partial charge < -0.3 is 20.2 Å². The van der Waals surface area contributed by atoms with E-state index in [1.807, 2.05) is 24.3 Å². The number of hydrogen-bond acceptors (Lipinski definition) is 3. The Labute approximate surface area is 120 Å². The number of rotatable bonds is 4. The number of nitrogens with zero attached hydrogens (tertiary/aromatic N) is 2. The second kappa shape index (κ2) is 6.61. The standard InChI is InChI=1S/C15H23N3O2/c1-12-7-8-18(11-12)14-5-3-13(4-6-14)16-15(20)17(2)9-10-19/h3-6,12,19H,7-11H2,1-2H3,(H,16,20)/t12-/m0/s1. The number of benzene rings is 1. The largest absolute Gasteiger partial charge is 0.395 e. The van der Waals surface area contributed by atoms with Crippen molar-refractivity contribution in [2.75, 3.05) is 43.5 Å². The Morgan fingerprint density at radius 3 is 2.70 bits per heavy atom. The number of urea groups is 1. The van der Waals surface area contributed by atoms with Gasteiger partial charge in [-0.1, -0.05) is 6.92 Å². The van der Waals surface area contributed by atoms with Crippen molar-refractivity contribution in [3.8, 4) is 0 Å². The molecule has 0 aromatic heterocycles. The molecule has 1 saturated heterocycles. The predicted octanol–water partition coefficient (Wildman–Crippen LogP) is 1.99. The average molecular weight is 277 g/mol. The summed E-state index contributed by atoms with van der Waals surface area (Å²) < 4.78 is 0. The number of amides is 2. The normalized spacial score (nSPS) is 18.1. The summed E-state index contributed by atoms with van der Waals surface area (Å²) in [5.41, 5.74) is 1.98. The Bertz CT molecular complexity index is 447. The maximum Gasteiger partial charge on any atom is 0.321 e. The summed E-state index contributed by atoms with van der Waals surface area (Å²) >= 11 is 0. The van der Waals surface area contributed by atoms with E-state index < -0.39 is 0 Å². The highest BCUT2D eigenvalue weighted by Crippen LogP contribution is 2.24. The molecule has 0 unspecified atom stereocenters. The quantitative estimate of drug-likeness (QED) is 0.885. The van der Waals surface area contributed by atoms with Crippen LogP contribution in [-0.4, -0.2) is 49.3 Å². The fraction of sp³-hybridized carbons (Fsp3) is 0.533. The van der Waals surface area contributed by atoms with E-state index in [1.165, 1.54) is 17.0 Å². The molecule has 1 fully saturated rings. The van der Waals surface area contributed by atoms with Gasteiger partial charge in [-0.2, -0.15) is 0 Å². The van der Waals surface area contributed by atoms with Crippen molar-refractivity contribution in [1.29, 1.82) is 0 Å². The number of likely N-dealkylation sites (N-methyl/N-ethyl adjacent to an activating group) is 1. The number of anilines is 2. The Morgan fingerprint density at radius 2 is 2.15 bits per heavy atom. The molecule has 2 N–H and O–H groups in total. The Balaban J connectivity index is 1.93. The Hall–Kier alpha value is -1.75. The monoisotopic (exact) mass is 277 g/mol. The van der Waals surface area contributed by atoms with Gasteiger partial charge in [0.1, 0.15) is 0 Å². The third-order valence-corrected chi connectivity index (χ3v) is 3.69. The maximum atomic E-state index is 11.8. The number of nitrogens with one attached hydrogen (secondary N) is 1. The van der Waals surface area contributed by atoms with Crippen LogP contribution in [0.15, 0.2) is 24.3 Å². The molecule has 0 bridgehead atoms. The predicted molar refractivity (Wildman–Crippen MR) is 81.2 cm³/mol. The van der Waals surface area contributed by atoms with Gasteiger partial charge in [-0.3, -0.25) is 0 Å². The molecule has 0 radical (unpaired) electrons. The first-order valence-corrected chi connectivity index (χ1v) is 7.08. The summed E-state index contributed by atoms with van der Waals surface area (Å²) in [6, 6.07) is 7.72. The van der Waals surface area contributed by atoms with E-state index in [0.717, 1.165) is 24.7 Å². The second-order valence-electron chi connectivity index (χ2n) is 5.46. The van der Waals surface area contributed by atoms with Gasteiger partial charge in [0.05, 0.1) is 6.61 Å². The molecule has 1 atom stereocenters. The minimum Gasteiger partial charge on any atom is -0.395 e. The van der Waals surface area contributed by atoms with Crippen molar-refractivity contribution in [3.63, 3.8) is 0 Å². The average Bonchev–Trinajstić information content (AvgIpc) is 2.86. The van der Waals surface area contributed by atoms with Gasteiger partial charge in [0.15, 0.2) is 0 Å². The Kier molecular flexibility index (Phi) is 4.84. The van der Waals surface area contributed by atoms with Gasteiger partial charge in [0, 0.05) is 38.1 Å². The van der Waals surface area contributed by atoms with Crippen LogP contribution in [0.3, 0.4) is 0 Å². The van der Waals surface area contributed by atoms with Crippen LogP contribution in [0.5, 0.6) is 0 Å². The smallest absolute Gasteiger partial charge is 0.321 e. The van der Waals surface area contributed by atoms with Gasteiger partial charge in [-0.15, -0.1) is 0 Å². The summed E-state index contributed by atoms with van der Waals surface area (Å²) in [5.74, 6) is 0.751. The summed E-state index contributed by atoms with van der Waals surface area (Å²) in [6.07, 6.45) is 1.24. The molecule has 1 aliphatic heterocycles. The fourth-order valence-corrected chi connectivity index (χ4v) is 2.40. The highest BCUT2D eigenvalue weighted by molar-refractivity contribution is 5.89. The van der Waals surface area contributed by atoms with E-state index in [1.54, 1.807) is 7.05 Å². The minimum absolute atomic E-state index is 0.0317. The van der Waals surface area contributed by atoms with E-state index in [0.29, 0.717) is 6.54 Å². The number of aliphatic hydroxyl groups excluding tert-OH is 1. The fourth-order valence-electron chi connectivity index (χ4n) is 2.40. The van der Waals surface area contributed by atoms with Crippen LogP contribution in [0, 0.1) is 5.92 Å². The molecular weight excluding hydrogens is 254 g/mol. The molecule has 1 aliphatic rings. The van der Waals surface area contributed by atoms with Gasteiger partial charge in [-0.05, 0) is 36.6 Å². The molecule has 20 heavy (non-hydrogen) atoms. The van der Waals surface area contributed by atoms with Crippen LogP contribution >= 0.6 is 0 Å². The summed E-state index contributed by atoms with van der Waals surface area (Å²) in [6.45, 7) is 4.77. The maximum absolute atomic E-state index is 11.8. The molecular formula is C15H23N3O2. The van der Waals surface area contributed by atoms with Crippen LogP contribution in [0.25, 0.3) is 0 Å². The van der Waals surface area contributed by atoms with E-state index in [4.69, 9.17) is 5.11 Å². The van der Waals surface area contributed by atoms with Crippen LogP contribution in [0.4, 0.5) is 16.2 Å². The van der Waals surface area contributed by atoms with Crippen molar-refractivity contribution in [2.24, 2.45) is 5.92 Å². The highest BCUT2D eigenvalue weighted by Gasteiger charge is 2.18.